The van der Waals surface area contributed by atoms with Crippen LogP contribution >= 0.6 is 0 Å². The summed E-state index contributed by atoms with van der Waals surface area (Å²) in [6.45, 7) is -0.0567. The zero-order valence-corrected chi connectivity index (χ0v) is 11.4. The lowest BCUT2D eigenvalue weighted by Crippen LogP contribution is -2.37. The number of esters is 1. The number of nitrogens with zero attached hydrogens (tertiary/aromatic N) is 3. The number of amides is 3. The topological polar surface area (TPSA) is 129 Å². The third kappa shape index (κ3) is 4.40. The smallest absolute Gasteiger partial charge is 0.338 e. The molecule has 9 heteroatoms. The highest BCUT2D eigenvalue weighted by Crippen LogP contribution is 2.07. The minimum absolute atomic E-state index is 0.286. The van der Waals surface area contributed by atoms with E-state index in [0.717, 1.165) is 5.56 Å². The van der Waals surface area contributed by atoms with Crippen LogP contribution in [-0.4, -0.2) is 39.3 Å². The minimum atomic E-state index is -1.00. The molecule has 9 nitrogen and oxygen atoms in total. The molecule has 0 saturated carbocycles. The highest BCUT2D eigenvalue weighted by molar-refractivity contribution is 5.96. The predicted octanol–water partition coefficient (Wildman–Crippen LogP) is -0.322. The molecular formula is C13H13N5O4. The molecule has 0 spiro atoms. The molecule has 0 aliphatic heterocycles. The average molecular weight is 303 g/mol. The summed E-state index contributed by atoms with van der Waals surface area (Å²) < 4.78 is 6.39. The van der Waals surface area contributed by atoms with Crippen LogP contribution in [0.1, 0.15) is 15.9 Å². The zero-order valence-electron chi connectivity index (χ0n) is 11.4. The number of carbonyl (C=O) groups excluding carboxylic acids is 3. The maximum Gasteiger partial charge on any atom is 0.338 e. The molecule has 0 bridgehead atoms. The Labute approximate surface area is 125 Å². The van der Waals surface area contributed by atoms with Gasteiger partial charge in [-0.1, -0.05) is 12.1 Å². The third-order valence-corrected chi connectivity index (χ3v) is 2.60. The first kappa shape index (κ1) is 15.2. The summed E-state index contributed by atoms with van der Waals surface area (Å²) >= 11 is 0. The Morgan fingerprint density at radius 2 is 1.95 bits per heavy atom. The number of urea groups is 1. The fraction of sp³-hybridized carbons (Fsp3) is 0.154. The van der Waals surface area contributed by atoms with Crippen molar-refractivity contribution >= 4 is 17.9 Å². The van der Waals surface area contributed by atoms with Crippen LogP contribution in [0.4, 0.5) is 4.79 Å². The van der Waals surface area contributed by atoms with Gasteiger partial charge in [0.25, 0.3) is 5.91 Å². The molecule has 3 N–H and O–H groups in total. The van der Waals surface area contributed by atoms with Crippen molar-refractivity contribution in [1.29, 1.82) is 0 Å². The second-order valence-corrected chi connectivity index (χ2v) is 4.28. The molecule has 2 rings (SSSR count). The van der Waals surface area contributed by atoms with Gasteiger partial charge in [0, 0.05) is 0 Å². The number of hydrogen-bond donors (Lipinski definition) is 2. The lowest BCUT2D eigenvalue weighted by Gasteiger charge is -2.05. The second-order valence-electron chi connectivity index (χ2n) is 4.28. The molecule has 0 unspecified atom stereocenters. The first-order valence-electron chi connectivity index (χ1n) is 6.22. The number of primary amides is 1. The van der Waals surface area contributed by atoms with Crippen LogP contribution in [0.15, 0.2) is 36.9 Å². The Hall–Kier alpha value is -3.23. The second kappa shape index (κ2) is 6.97. The van der Waals surface area contributed by atoms with Gasteiger partial charge in [0.05, 0.1) is 12.1 Å². The number of nitrogens with two attached hydrogens (primary N) is 1. The van der Waals surface area contributed by atoms with E-state index in [1.807, 2.05) is 0 Å². The number of benzene rings is 1. The first-order valence-corrected chi connectivity index (χ1v) is 6.22. The Balaban J connectivity index is 1.88. The third-order valence-electron chi connectivity index (χ3n) is 2.60. The Kier molecular flexibility index (Phi) is 4.81. The van der Waals surface area contributed by atoms with Gasteiger partial charge in [-0.2, -0.15) is 5.10 Å². The monoisotopic (exact) mass is 303 g/mol. The Morgan fingerprint density at radius 1 is 1.23 bits per heavy atom. The van der Waals surface area contributed by atoms with Gasteiger partial charge in [-0.25, -0.2) is 19.3 Å². The number of ether oxygens (including phenoxy) is 1. The summed E-state index contributed by atoms with van der Waals surface area (Å²) in [4.78, 5) is 37.1. The first-order chi connectivity index (χ1) is 10.5. The van der Waals surface area contributed by atoms with Gasteiger partial charge in [0.15, 0.2) is 6.61 Å². The molecule has 1 heterocycles. The molecule has 3 amide bonds. The maximum absolute atomic E-state index is 11.7. The quantitative estimate of drug-likeness (QED) is 0.728. The maximum atomic E-state index is 11.7. The molecule has 0 aliphatic carbocycles. The fourth-order valence-corrected chi connectivity index (χ4v) is 1.64. The zero-order chi connectivity index (χ0) is 15.9. The largest absolute Gasteiger partial charge is 0.452 e. The van der Waals surface area contributed by atoms with E-state index in [1.165, 1.54) is 6.33 Å². The van der Waals surface area contributed by atoms with Crippen LogP contribution in [0, 0.1) is 0 Å². The van der Waals surface area contributed by atoms with Crippen LogP contribution in [0.25, 0.3) is 0 Å². The molecule has 0 radical (unpaired) electrons. The van der Waals surface area contributed by atoms with E-state index in [-0.39, 0.29) is 5.56 Å². The predicted molar refractivity (Wildman–Crippen MR) is 73.6 cm³/mol. The average Bonchev–Trinajstić information content (AvgIpc) is 2.98. The van der Waals surface area contributed by atoms with E-state index < -0.39 is 24.5 Å². The SMILES string of the molecule is NC(=O)NC(=O)COC(=O)c1ccc(Cn2cncn2)cc1. The number of aromatic nitrogens is 3. The summed E-state index contributed by atoms with van der Waals surface area (Å²) in [5.41, 5.74) is 5.97. The summed E-state index contributed by atoms with van der Waals surface area (Å²) in [6, 6.07) is 5.61. The summed E-state index contributed by atoms with van der Waals surface area (Å²) in [5, 5.41) is 5.76. The molecule has 114 valence electrons. The van der Waals surface area contributed by atoms with Crippen molar-refractivity contribution in [2.24, 2.45) is 5.73 Å². The minimum Gasteiger partial charge on any atom is -0.452 e. The van der Waals surface area contributed by atoms with E-state index in [2.05, 4.69) is 10.1 Å². The van der Waals surface area contributed by atoms with E-state index in [9.17, 15) is 14.4 Å². The molecule has 2 aromatic rings. The van der Waals surface area contributed by atoms with Crippen molar-refractivity contribution in [3.8, 4) is 0 Å². The van der Waals surface area contributed by atoms with Crippen LogP contribution < -0.4 is 11.1 Å². The van der Waals surface area contributed by atoms with Crippen molar-refractivity contribution < 1.29 is 19.1 Å². The highest BCUT2D eigenvalue weighted by atomic mass is 16.5. The van der Waals surface area contributed by atoms with Gasteiger partial charge in [0.2, 0.25) is 0 Å². The number of nitrogens with one attached hydrogen (secondary N) is 1. The van der Waals surface area contributed by atoms with Crippen LogP contribution in [-0.2, 0) is 16.1 Å². The van der Waals surface area contributed by atoms with Crippen LogP contribution in [0.2, 0.25) is 0 Å². The van der Waals surface area contributed by atoms with E-state index >= 15 is 0 Å². The molecule has 0 aliphatic rings. The van der Waals surface area contributed by atoms with E-state index in [1.54, 1.807) is 40.6 Å². The van der Waals surface area contributed by atoms with Crippen molar-refractivity contribution in [3.05, 3.63) is 48.0 Å². The standard InChI is InChI=1S/C13H13N5O4/c14-13(21)17-11(19)6-22-12(20)10-3-1-9(2-4-10)5-18-8-15-7-16-18/h1-4,7-8H,5-6H2,(H3,14,17,19,21). The fourth-order valence-electron chi connectivity index (χ4n) is 1.64. The molecule has 0 saturated heterocycles. The van der Waals surface area contributed by atoms with Crippen LogP contribution in [0.3, 0.4) is 0 Å². The Morgan fingerprint density at radius 3 is 2.55 bits per heavy atom. The van der Waals surface area contributed by atoms with Crippen molar-refractivity contribution in [3.63, 3.8) is 0 Å². The number of rotatable bonds is 5. The lowest BCUT2D eigenvalue weighted by molar-refractivity contribution is -0.123. The molecule has 1 aromatic carbocycles. The number of carbonyl (C=O) groups is 3. The van der Waals surface area contributed by atoms with Gasteiger partial charge >= 0.3 is 12.0 Å². The number of imide groups is 1. The molecule has 0 atom stereocenters. The van der Waals surface area contributed by atoms with Gasteiger partial charge < -0.3 is 10.5 Å². The van der Waals surface area contributed by atoms with Crippen molar-refractivity contribution in [2.75, 3.05) is 6.61 Å². The van der Waals surface area contributed by atoms with Crippen LogP contribution in [0.5, 0.6) is 0 Å². The summed E-state index contributed by atoms with van der Waals surface area (Å²) in [6.07, 6.45) is 3.02. The Bertz CT molecular complexity index is 666. The summed E-state index contributed by atoms with van der Waals surface area (Å²) in [7, 11) is 0. The van der Waals surface area contributed by atoms with Gasteiger partial charge in [0.1, 0.15) is 12.7 Å². The van der Waals surface area contributed by atoms with E-state index in [4.69, 9.17) is 10.5 Å². The van der Waals surface area contributed by atoms with Gasteiger partial charge in [-0.05, 0) is 17.7 Å². The van der Waals surface area contributed by atoms with Gasteiger partial charge in [-0.15, -0.1) is 0 Å². The molecule has 22 heavy (non-hydrogen) atoms. The van der Waals surface area contributed by atoms with E-state index in [0.29, 0.717) is 6.54 Å². The lowest BCUT2D eigenvalue weighted by atomic mass is 10.1. The highest BCUT2D eigenvalue weighted by Gasteiger charge is 2.11. The van der Waals surface area contributed by atoms with Crippen molar-refractivity contribution in [2.45, 2.75) is 6.54 Å². The molecule has 1 aromatic heterocycles. The normalized spacial score (nSPS) is 10.0. The molecular weight excluding hydrogens is 290 g/mol. The summed E-state index contributed by atoms with van der Waals surface area (Å²) in [5.74, 6) is -1.46. The van der Waals surface area contributed by atoms with Crippen molar-refractivity contribution in [1.82, 2.24) is 20.1 Å². The molecule has 0 fully saturated rings. The number of hydrogen-bond acceptors (Lipinski definition) is 6. The van der Waals surface area contributed by atoms with Gasteiger partial charge in [-0.3, -0.25) is 10.1 Å².